The van der Waals surface area contributed by atoms with Gasteiger partial charge >= 0.3 is 0 Å². The summed E-state index contributed by atoms with van der Waals surface area (Å²) in [5, 5.41) is 11.1. The van der Waals surface area contributed by atoms with Gasteiger partial charge < -0.3 is 24.3 Å². The standard InChI is InChI=1S/C22H24N4O5/c1-28-16-6-4-14(5-7-16)20-12-26-18(13-31-20)21(24-25-26)22(27)23-11-15-10-17(29-2)8-9-19(15)30-3/h4-10,20H,11-13H2,1-3H3,(H,23,27)/t20-/m1/s1. The predicted octanol–water partition coefficient (Wildman–Crippen LogP) is 2.51. The summed E-state index contributed by atoms with van der Waals surface area (Å²) >= 11 is 0. The number of hydrogen-bond acceptors (Lipinski definition) is 7. The molecule has 4 rings (SSSR count). The quantitative estimate of drug-likeness (QED) is 0.622. The van der Waals surface area contributed by atoms with Gasteiger partial charge in [-0.05, 0) is 35.9 Å². The fourth-order valence-electron chi connectivity index (χ4n) is 3.49. The molecular formula is C22H24N4O5. The van der Waals surface area contributed by atoms with Crippen molar-refractivity contribution < 1.29 is 23.7 Å². The first-order valence-corrected chi connectivity index (χ1v) is 9.80. The van der Waals surface area contributed by atoms with Crippen LogP contribution in [0.5, 0.6) is 17.2 Å². The second-order valence-corrected chi connectivity index (χ2v) is 7.00. The molecule has 0 saturated carbocycles. The molecule has 162 valence electrons. The Morgan fingerprint density at radius 2 is 1.84 bits per heavy atom. The van der Waals surface area contributed by atoms with E-state index in [4.69, 9.17) is 18.9 Å². The Hall–Kier alpha value is -3.59. The third-order valence-electron chi connectivity index (χ3n) is 5.23. The van der Waals surface area contributed by atoms with Crippen LogP contribution in [0.2, 0.25) is 0 Å². The molecule has 31 heavy (non-hydrogen) atoms. The highest BCUT2D eigenvalue weighted by molar-refractivity contribution is 5.93. The molecule has 2 aromatic carbocycles. The Morgan fingerprint density at radius 3 is 2.55 bits per heavy atom. The Balaban J connectivity index is 1.44. The van der Waals surface area contributed by atoms with Crippen molar-refractivity contribution >= 4 is 5.91 Å². The van der Waals surface area contributed by atoms with Crippen LogP contribution in [0.1, 0.15) is 33.4 Å². The normalized spacial score (nSPS) is 15.1. The Kier molecular flexibility index (Phi) is 6.03. The number of carbonyl (C=O) groups is 1. The van der Waals surface area contributed by atoms with Crippen molar-refractivity contribution in [3.8, 4) is 17.2 Å². The summed E-state index contributed by atoms with van der Waals surface area (Å²) in [4.78, 5) is 12.8. The number of fused-ring (bicyclic) bond motifs is 1. The smallest absolute Gasteiger partial charge is 0.274 e. The first kappa shape index (κ1) is 20.7. The van der Waals surface area contributed by atoms with E-state index in [1.165, 1.54) is 0 Å². The van der Waals surface area contributed by atoms with Crippen LogP contribution >= 0.6 is 0 Å². The molecule has 3 aromatic rings. The molecule has 0 bridgehead atoms. The van der Waals surface area contributed by atoms with E-state index >= 15 is 0 Å². The number of rotatable bonds is 7. The van der Waals surface area contributed by atoms with E-state index in [0.717, 1.165) is 16.9 Å². The van der Waals surface area contributed by atoms with Crippen molar-refractivity contribution in [3.63, 3.8) is 0 Å². The van der Waals surface area contributed by atoms with Crippen molar-refractivity contribution in [1.82, 2.24) is 20.3 Å². The second-order valence-electron chi connectivity index (χ2n) is 7.00. The zero-order valence-corrected chi connectivity index (χ0v) is 17.6. The molecule has 9 heteroatoms. The molecular weight excluding hydrogens is 400 g/mol. The average molecular weight is 424 g/mol. The first-order chi connectivity index (χ1) is 15.1. The number of aromatic nitrogens is 3. The van der Waals surface area contributed by atoms with E-state index in [-0.39, 0.29) is 30.9 Å². The highest BCUT2D eigenvalue weighted by atomic mass is 16.5. The highest BCUT2D eigenvalue weighted by Gasteiger charge is 2.27. The van der Waals surface area contributed by atoms with Gasteiger partial charge in [0.2, 0.25) is 0 Å². The first-order valence-electron chi connectivity index (χ1n) is 9.80. The van der Waals surface area contributed by atoms with Gasteiger partial charge in [0, 0.05) is 12.1 Å². The van der Waals surface area contributed by atoms with Crippen LogP contribution in [0.15, 0.2) is 42.5 Å². The number of hydrogen-bond donors (Lipinski definition) is 1. The number of benzene rings is 2. The van der Waals surface area contributed by atoms with Crippen LogP contribution in [0.4, 0.5) is 0 Å². The minimum absolute atomic E-state index is 0.169. The minimum atomic E-state index is -0.322. The number of nitrogens with one attached hydrogen (secondary N) is 1. The van der Waals surface area contributed by atoms with Crippen LogP contribution in [-0.4, -0.2) is 42.2 Å². The van der Waals surface area contributed by atoms with Crippen molar-refractivity contribution in [2.75, 3.05) is 21.3 Å². The maximum Gasteiger partial charge on any atom is 0.274 e. The van der Waals surface area contributed by atoms with Gasteiger partial charge in [-0.25, -0.2) is 4.68 Å². The Bertz CT molecular complexity index is 1060. The van der Waals surface area contributed by atoms with Crippen LogP contribution in [0.25, 0.3) is 0 Å². The van der Waals surface area contributed by atoms with Crippen LogP contribution in [0.3, 0.4) is 0 Å². The molecule has 1 N–H and O–H groups in total. The molecule has 1 amide bonds. The molecule has 9 nitrogen and oxygen atoms in total. The minimum Gasteiger partial charge on any atom is -0.497 e. The molecule has 0 fully saturated rings. The summed E-state index contributed by atoms with van der Waals surface area (Å²) in [5.41, 5.74) is 2.72. The van der Waals surface area contributed by atoms with E-state index in [0.29, 0.717) is 23.7 Å². The van der Waals surface area contributed by atoms with Crippen LogP contribution in [0, 0.1) is 0 Å². The van der Waals surface area contributed by atoms with E-state index < -0.39 is 0 Å². The second kappa shape index (κ2) is 9.05. The topological polar surface area (TPSA) is 96.7 Å². The lowest BCUT2D eigenvalue weighted by molar-refractivity contribution is -0.00179. The van der Waals surface area contributed by atoms with E-state index in [2.05, 4.69) is 15.6 Å². The largest absolute Gasteiger partial charge is 0.497 e. The summed E-state index contributed by atoms with van der Waals surface area (Å²) in [5.74, 6) is 1.81. The van der Waals surface area contributed by atoms with Crippen LogP contribution in [-0.2, 0) is 24.4 Å². The zero-order valence-electron chi connectivity index (χ0n) is 17.6. The highest BCUT2D eigenvalue weighted by Crippen LogP contribution is 2.28. The third kappa shape index (κ3) is 4.31. The van der Waals surface area contributed by atoms with E-state index in [1.807, 2.05) is 30.3 Å². The van der Waals surface area contributed by atoms with E-state index in [9.17, 15) is 4.79 Å². The molecule has 0 aliphatic carbocycles. The van der Waals surface area contributed by atoms with Crippen molar-refractivity contribution in [2.45, 2.75) is 25.8 Å². The molecule has 0 spiro atoms. The fourth-order valence-corrected chi connectivity index (χ4v) is 3.49. The van der Waals surface area contributed by atoms with Gasteiger partial charge in [0.05, 0.1) is 40.2 Å². The lowest BCUT2D eigenvalue weighted by Gasteiger charge is -2.24. The number of ether oxygens (including phenoxy) is 4. The lowest BCUT2D eigenvalue weighted by atomic mass is 10.1. The van der Waals surface area contributed by atoms with E-state index in [1.54, 1.807) is 38.1 Å². The van der Waals surface area contributed by atoms with Gasteiger partial charge in [-0.3, -0.25) is 4.79 Å². The molecule has 1 aliphatic rings. The zero-order chi connectivity index (χ0) is 21.8. The van der Waals surface area contributed by atoms with Gasteiger partial charge in [-0.15, -0.1) is 5.10 Å². The van der Waals surface area contributed by atoms with Crippen LogP contribution < -0.4 is 19.5 Å². The Morgan fingerprint density at radius 1 is 1.10 bits per heavy atom. The molecule has 0 unspecified atom stereocenters. The molecule has 1 atom stereocenters. The monoisotopic (exact) mass is 424 g/mol. The number of amides is 1. The third-order valence-corrected chi connectivity index (χ3v) is 5.23. The summed E-state index contributed by atoms with van der Waals surface area (Å²) in [7, 11) is 4.80. The summed E-state index contributed by atoms with van der Waals surface area (Å²) in [6.45, 7) is 0.988. The number of methoxy groups -OCH3 is 3. The van der Waals surface area contributed by atoms with Gasteiger partial charge in [0.15, 0.2) is 5.69 Å². The average Bonchev–Trinajstić information content (AvgIpc) is 3.25. The number of nitrogens with zero attached hydrogens (tertiary/aromatic N) is 3. The molecule has 0 radical (unpaired) electrons. The predicted molar refractivity (Wildman–Crippen MR) is 111 cm³/mol. The molecule has 1 aliphatic heterocycles. The molecule has 1 aromatic heterocycles. The Labute approximate surface area is 179 Å². The van der Waals surface area contributed by atoms with Crippen molar-refractivity contribution in [2.24, 2.45) is 0 Å². The van der Waals surface area contributed by atoms with Gasteiger partial charge in [0.25, 0.3) is 5.91 Å². The van der Waals surface area contributed by atoms with Gasteiger partial charge in [0.1, 0.15) is 23.4 Å². The maximum absolute atomic E-state index is 12.8. The summed E-state index contributed by atoms with van der Waals surface area (Å²) in [6, 6.07) is 13.1. The summed E-state index contributed by atoms with van der Waals surface area (Å²) in [6.07, 6.45) is -0.169. The van der Waals surface area contributed by atoms with Gasteiger partial charge in [-0.1, -0.05) is 17.3 Å². The number of carbonyl (C=O) groups excluding carboxylic acids is 1. The SMILES string of the molecule is COc1ccc([C@H]2Cn3nnc(C(=O)NCc4cc(OC)ccc4OC)c3CO2)cc1. The van der Waals surface area contributed by atoms with Crippen molar-refractivity contribution in [1.29, 1.82) is 0 Å². The maximum atomic E-state index is 12.8. The van der Waals surface area contributed by atoms with Gasteiger partial charge in [-0.2, -0.15) is 0 Å². The lowest BCUT2D eigenvalue weighted by Crippen LogP contribution is -2.27. The molecule has 0 saturated heterocycles. The fraction of sp³-hybridized carbons (Fsp3) is 0.318. The summed E-state index contributed by atoms with van der Waals surface area (Å²) < 4.78 is 23.5. The molecule has 2 heterocycles. The van der Waals surface area contributed by atoms with Crippen molar-refractivity contribution in [3.05, 3.63) is 65.0 Å².